The molecule has 13 nitrogen and oxygen atoms in total. The average Bonchev–Trinajstić information content (AvgIpc) is 3.07. The van der Waals surface area contributed by atoms with Gasteiger partial charge in [0.2, 0.25) is 0 Å². The van der Waals surface area contributed by atoms with Gasteiger partial charge in [-0.15, -0.1) is 0 Å². The van der Waals surface area contributed by atoms with Gasteiger partial charge >= 0.3 is 23.9 Å². The molecule has 0 spiro atoms. The third-order valence-electron chi connectivity index (χ3n) is 5.11. The molecule has 0 aromatic heterocycles. The number of carbonyl (C=O) groups excluding carboxylic acids is 4. The van der Waals surface area contributed by atoms with Crippen LogP contribution in [0.1, 0.15) is 59.3 Å². The highest BCUT2D eigenvalue weighted by Gasteiger charge is 2.15. The molecule has 0 aliphatic heterocycles. The molecule has 13 heteroatoms. The van der Waals surface area contributed by atoms with Crippen LogP contribution in [-0.4, -0.2) is 112 Å². The summed E-state index contributed by atoms with van der Waals surface area (Å²) in [6.07, 6.45) is 8.24. The number of esters is 4. The Morgan fingerprint density at radius 2 is 0.935 bits per heavy atom. The number of aliphatic hydroxyl groups excluding tert-OH is 2. The number of ether oxygens (including phenoxy) is 7. The minimum atomic E-state index is -0.754. The van der Waals surface area contributed by atoms with Gasteiger partial charge in [0.1, 0.15) is 25.4 Å². The van der Waals surface area contributed by atoms with Crippen LogP contribution in [-0.2, 0) is 52.3 Å². The zero-order chi connectivity index (χ0) is 35.4. The standard InChI is InChI=1S/C13H20O5.2C10H18O4/c1-4-7-8-16-9-11(18-13(15)6-3)10-17-12(14)5-2;1-3-5-6-13-7-9(11)8-14-10(12)4-2;1-3-5-6-13-8-9(7-11)14-10(12)4-2/h5-6,11H,2-4,7-10H2,1H3;2*4,9,11H,2-3,5-8H2,1H3. The van der Waals surface area contributed by atoms with E-state index in [2.05, 4.69) is 44.9 Å². The van der Waals surface area contributed by atoms with E-state index >= 15 is 0 Å². The van der Waals surface area contributed by atoms with Gasteiger partial charge in [0.05, 0.1) is 26.4 Å². The molecule has 0 aliphatic carbocycles. The molecular weight excluding hydrogens is 604 g/mol. The first-order chi connectivity index (χ1) is 22.1. The second-order valence-corrected chi connectivity index (χ2v) is 9.32. The maximum atomic E-state index is 11.1. The topological polar surface area (TPSA) is 173 Å². The summed E-state index contributed by atoms with van der Waals surface area (Å²) < 4.78 is 34.9. The molecule has 0 saturated heterocycles. The van der Waals surface area contributed by atoms with Gasteiger partial charge in [-0.05, 0) is 19.3 Å². The summed E-state index contributed by atoms with van der Waals surface area (Å²) in [4.78, 5) is 43.3. The van der Waals surface area contributed by atoms with Crippen LogP contribution in [0.25, 0.3) is 0 Å². The van der Waals surface area contributed by atoms with Gasteiger partial charge in [-0.2, -0.15) is 0 Å². The third kappa shape index (κ3) is 35.1. The number of rotatable bonds is 26. The fourth-order valence-corrected chi connectivity index (χ4v) is 2.57. The highest BCUT2D eigenvalue weighted by Crippen LogP contribution is 2.00. The molecule has 0 bridgehead atoms. The van der Waals surface area contributed by atoms with Crippen molar-refractivity contribution in [1.82, 2.24) is 0 Å². The summed E-state index contributed by atoms with van der Waals surface area (Å²) in [6, 6.07) is 0. The Labute approximate surface area is 274 Å². The Morgan fingerprint density at radius 3 is 1.33 bits per heavy atom. The fraction of sp³-hybridized carbons (Fsp3) is 0.636. The lowest BCUT2D eigenvalue weighted by molar-refractivity contribution is -0.156. The van der Waals surface area contributed by atoms with Gasteiger partial charge < -0.3 is 43.4 Å². The summed E-state index contributed by atoms with van der Waals surface area (Å²) >= 11 is 0. The molecule has 3 atom stereocenters. The molecule has 0 aromatic rings. The molecule has 0 radical (unpaired) electrons. The van der Waals surface area contributed by atoms with E-state index in [0.29, 0.717) is 19.8 Å². The smallest absolute Gasteiger partial charge is 0.330 e. The maximum absolute atomic E-state index is 11.1. The SMILES string of the molecule is C=CC(=O)OC(CO)COCCCC.C=CC(=O)OCC(COCCCC)OC(=O)C=C.C=CC(=O)OCC(O)COCCCC. The molecule has 0 aliphatic rings. The van der Waals surface area contributed by atoms with Crippen LogP contribution in [0.3, 0.4) is 0 Å². The van der Waals surface area contributed by atoms with Crippen molar-refractivity contribution in [2.75, 3.05) is 59.5 Å². The lowest BCUT2D eigenvalue weighted by Crippen LogP contribution is -2.29. The molecule has 3 unspecified atom stereocenters. The van der Waals surface area contributed by atoms with Crippen molar-refractivity contribution >= 4 is 23.9 Å². The van der Waals surface area contributed by atoms with Crippen molar-refractivity contribution in [3.63, 3.8) is 0 Å². The van der Waals surface area contributed by atoms with Gasteiger partial charge in [0.15, 0.2) is 6.10 Å². The normalized spacial score (nSPS) is 11.8. The Kier molecular flexibility index (Phi) is 36.9. The first-order valence-electron chi connectivity index (χ1n) is 15.3. The van der Waals surface area contributed by atoms with Crippen molar-refractivity contribution in [3.05, 3.63) is 50.6 Å². The van der Waals surface area contributed by atoms with Crippen LogP contribution in [0.2, 0.25) is 0 Å². The average molecular weight is 661 g/mol. The molecule has 2 N–H and O–H groups in total. The van der Waals surface area contributed by atoms with Gasteiger partial charge in [-0.1, -0.05) is 66.3 Å². The maximum Gasteiger partial charge on any atom is 0.330 e. The number of hydrogen-bond acceptors (Lipinski definition) is 13. The van der Waals surface area contributed by atoms with Crippen molar-refractivity contribution in [3.8, 4) is 0 Å². The molecular formula is C33H56O13. The van der Waals surface area contributed by atoms with Crippen LogP contribution in [0.4, 0.5) is 0 Å². The number of aliphatic hydroxyl groups is 2. The lowest BCUT2D eigenvalue weighted by atomic mass is 10.3. The van der Waals surface area contributed by atoms with Gasteiger partial charge in [-0.25, -0.2) is 19.2 Å². The number of carbonyl (C=O) groups is 4. The quantitative estimate of drug-likeness (QED) is 0.0599. The van der Waals surface area contributed by atoms with Crippen LogP contribution in [0.15, 0.2) is 50.6 Å². The fourth-order valence-electron chi connectivity index (χ4n) is 2.57. The van der Waals surface area contributed by atoms with Crippen LogP contribution in [0, 0.1) is 0 Å². The van der Waals surface area contributed by atoms with E-state index in [1.165, 1.54) is 0 Å². The molecule has 0 heterocycles. The van der Waals surface area contributed by atoms with Crippen molar-refractivity contribution in [1.29, 1.82) is 0 Å². The van der Waals surface area contributed by atoms with E-state index < -0.39 is 42.2 Å². The minimum absolute atomic E-state index is 0.0447. The summed E-state index contributed by atoms with van der Waals surface area (Å²) in [5.74, 6) is -2.21. The highest BCUT2D eigenvalue weighted by molar-refractivity contribution is 5.82. The molecule has 0 amide bonds. The largest absolute Gasteiger partial charge is 0.460 e. The van der Waals surface area contributed by atoms with Crippen LogP contribution in [0.5, 0.6) is 0 Å². The summed E-state index contributed by atoms with van der Waals surface area (Å²) in [5, 5.41) is 18.1. The summed E-state index contributed by atoms with van der Waals surface area (Å²) in [7, 11) is 0. The van der Waals surface area contributed by atoms with E-state index in [1.807, 2.05) is 6.92 Å². The highest BCUT2D eigenvalue weighted by atomic mass is 16.6. The second-order valence-electron chi connectivity index (χ2n) is 9.32. The summed E-state index contributed by atoms with van der Waals surface area (Å²) in [6.45, 7) is 21.3. The van der Waals surface area contributed by atoms with Crippen molar-refractivity contribution < 1.29 is 62.5 Å². The van der Waals surface area contributed by atoms with E-state index in [0.717, 1.165) is 62.8 Å². The molecule has 46 heavy (non-hydrogen) atoms. The minimum Gasteiger partial charge on any atom is -0.460 e. The summed E-state index contributed by atoms with van der Waals surface area (Å²) in [5.41, 5.74) is 0. The van der Waals surface area contributed by atoms with Crippen molar-refractivity contribution in [2.24, 2.45) is 0 Å². The predicted molar refractivity (Wildman–Crippen MR) is 173 cm³/mol. The zero-order valence-corrected chi connectivity index (χ0v) is 27.9. The van der Waals surface area contributed by atoms with E-state index in [1.54, 1.807) is 0 Å². The van der Waals surface area contributed by atoms with Gasteiger partial charge in [0, 0.05) is 44.1 Å². The number of unbranched alkanes of at least 4 members (excludes halogenated alkanes) is 3. The molecule has 0 aromatic carbocycles. The first-order valence-corrected chi connectivity index (χ1v) is 15.3. The Bertz CT molecular complexity index is 828. The lowest BCUT2D eigenvalue weighted by Gasteiger charge is -2.16. The van der Waals surface area contributed by atoms with Gasteiger partial charge in [0.25, 0.3) is 0 Å². The third-order valence-corrected chi connectivity index (χ3v) is 5.11. The van der Waals surface area contributed by atoms with Crippen molar-refractivity contribution in [2.45, 2.75) is 77.6 Å². The van der Waals surface area contributed by atoms with E-state index in [9.17, 15) is 24.3 Å². The first kappa shape index (κ1) is 47.1. The molecule has 0 rings (SSSR count). The van der Waals surface area contributed by atoms with E-state index in [4.69, 9.17) is 33.5 Å². The predicted octanol–water partition coefficient (Wildman–Crippen LogP) is 3.42. The number of hydrogen-bond donors (Lipinski definition) is 2. The van der Waals surface area contributed by atoms with E-state index in [-0.39, 0.29) is 39.6 Å². The molecule has 0 saturated carbocycles. The Hall–Kier alpha value is -3.36. The molecule has 0 fully saturated rings. The molecule has 266 valence electrons. The second kappa shape index (κ2) is 36.1. The van der Waals surface area contributed by atoms with Crippen LogP contribution >= 0.6 is 0 Å². The Morgan fingerprint density at radius 1 is 0.565 bits per heavy atom. The monoisotopic (exact) mass is 660 g/mol. The zero-order valence-electron chi connectivity index (χ0n) is 27.9. The Balaban J connectivity index is -0.000000610. The van der Waals surface area contributed by atoms with Crippen LogP contribution < -0.4 is 0 Å². The van der Waals surface area contributed by atoms with Gasteiger partial charge in [-0.3, -0.25) is 0 Å².